The topological polar surface area (TPSA) is 88.5 Å². The Labute approximate surface area is 186 Å². The summed E-state index contributed by atoms with van der Waals surface area (Å²) in [6.07, 6.45) is 6.91. The van der Waals surface area contributed by atoms with E-state index in [1.54, 1.807) is 18.3 Å². The Morgan fingerprint density at radius 1 is 1.23 bits per heavy atom. The molecule has 10 heteroatoms. The highest BCUT2D eigenvalue weighted by atomic mass is 32.2. The number of methoxy groups -OCH3 is 1. The third kappa shape index (κ3) is 4.35. The molecule has 4 rings (SSSR count). The number of aryl methyl sites for hydroxylation is 1. The Bertz CT molecular complexity index is 1210. The van der Waals surface area contributed by atoms with E-state index < -0.39 is 10.0 Å². The maximum Gasteiger partial charge on any atom is 0.229 e. The first-order chi connectivity index (χ1) is 14.8. The minimum atomic E-state index is -3.44. The van der Waals surface area contributed by atoms with Crippen LogP contribution in [0.15, 0.2) is 61.1 Å². The molecular formula is C21H23N5O3S2. The van der Waals surface area contributed by atoms with Gasteiger partial charge in [0.1, 0.15) is 5.75 Å². The van der Waals surface area contributed by atoms with Gasteiger partial charge in [0.2, 0.25) is 10.0 Å². The molecule has 1 aliphatic rings. The second-order valence-electron chi connectivity index (χ2n) is 7.37. The molecule has 2 N–H and O–H groups in total. The molecule has 0 saturated carbocycles. The Morgan fingerprint density at radius 2 is 2.03 bits per heavy atom. The number of benzene rings is 1. The van der Waals surface area contributed by atoms with Gasteiger partial charge in [-0.15, -0.1) is 0 Å². The molecule has 8 nitrogen and oxygen atoms in total. The first-order valence-electron chi connectivity index (χ1n) is 9.55. The van der Waals surface area contributed by atoms with Crippen LogP contribution in [-0.2, 0) is 17.1 Å². The van der Waals surface area contributed by atoms with Gasteiger partial charge in [-0.3, -0.25) is 9.71 Å². The average molecular weight is 458 g/mol. The van der Waals surface area contributed by atoms with Crippen molar-refractivity contribution in [3.63, 3.8) is 0 Å². The molecule has 1 saturated heterocycles. The fraction of sp³-hybridized carbons (Fsp3) is 0.238. The van der Waals surface area contributed by atoms with Crippen LogP contribution in [0.3, 0.4) is 0 Å². The second kappa shape index (κ2) is 8.20. The molecule has 2 unspecified atom stereocenters. The van der Waals surface area contributed by atoms with E-state index in [2.05, 4.69) is 27.3 Å². The van der Waals surface area contributed by atoms with Gasteiger partial charge in [-0.2, -0.15) is 0 Å². The molecule has 162 valence electrons. The average Bonchev–Trinajstić information content (AvgIpc) is 3.30. The van der Waals surface area contributed by atoms with Crippen LogP contribution < -0.4 is 19.7 Å². The van der Waals surface area contributed by atoms with Crippen molar-refractivity contribution < 1.29 is 13.2 Å². The molecule has 0 aliphatic carbocycles. The van der Waals surface area contributed by atoms with Crippen molar-refractivity contribution >= 4 is 38.7 Å². The molecule has 1 aromatic carbocycles. The fourth-order valence-electron chi connectivity index (χ4n) is 3.79. The first kappa shape index (κ1) is 21.1. The number of aromatic nitrogens is 2. The third-order valence-electron chi connectivity index (χ3n) is 5.05. The van der Waals surface area contributed by atoms with Crippen molar-refractivity contribution in [2.75, 3.05) is 23.0 Å². The second-order valence-corrected chi connectivity index (χ2v) is 9.50. The molecule has 1 fully saturated rings. The number of rotatable bonds is 6. The van der Waals surface area contributed by atoms with Gasteiger partial charge in [-0.25, -0.2) is 8.42 Å². The van der Waals surface area contributed by atoms with Gasteiger partial charge in [0.25, 0.3) is 0 Å². The summed E-state index contributed by atoms with van der Waals surface area (Å²) in [7, 11) is 0.0288. The van der Waals surface area contributed by atoms with Crippen LogP contribution in [-0.4, -0.2) is 36.4 Å². The van der Waals surface area contributed by atoms with E-state index in [9.17, 15) is 8.42 Å². The van der Waals surface area contributed by atoms with Crippen LogP contribution in [0, 0.1) is 0 Å². The van der Waals surface area contributed by atoms with Gasteiger partial charge >= 0.3 is 0 Å². The van der Waals surface area contributed by atoms with E-state index in [0.29, 0.717) is 16.5 Å². The van der Waals surface area contributed by atoms with Crippen LogP contribution in [0.1, 0.15) is 23.3 Å². The van der Waals surface area contributed by atoms with E-state index in [4.69, 9.17) is 17.0 Å². The molecule has 0 amide bonds. The van der Waals surface area contributed by atoms with E-state index >= 15 is 0 Å². The summed E-state index contributed by atoms with van der Waals surface area (Å²) in [6, 6.07) is 12.8. The summed E-state index contributed by atoms with van der Waals surface area (Å²) in [6.45, 7) is 0. The maximum atomic E-state index is 11.7. The molecule has 0 bridgehead atoms. The normalized spacial score (nSPS) is 18.7. The summed E-state index contributed by atoms with van der Waals surface area (Å²) >= 11 is 5.71. The van der Waals surface area contributed by atoms with E-state index in [0.717, 1.165) is 23.2 Å². The van der Waals surface area contributed by atoms with Gasteiger partial charge in [0.15, 0.2) is 5.11 Å². The van der Waals surface area contributed by atoms with Crippen LogP contribution in [0.2, 0.25) is 0 Å². The highest BCUT2D eigenvalue weighted by Gasteiger charge is 2.41. The summed E-state index contributed by atoms with van der Waals surface area (Å²) in [5.41, 5.74) is 3.09. The zero-order valence-electron chi connectivity index (χ0n) is 17.3. The van der Waals surface area contributed by atoms with Crippen molar-refractivity contribution in [3.8, 4) is 5.75 Å². The van der Waals surface area contributed by atoms with E-state index in [-0.39, 0.29) is 12.1 Å². The Balaban J connectivity index is 1.79. The monoisotopic (exact) mass is 457 g/mol. The molecule has 31 heavy (non-hydrogen) atoms. The van der Waals surface area contributed by atoms with E-state index in [1.807, 2.05) is 47.0 Å². The Kier molecular flexibility index (Phi) is 5.59. The summed E-state index contributed by atoms with van der Waals surface area (Å²) in [5.74, 6) is 0.402. The number of ether oxygens (including phenoxy) is 1. The summed E-state index contributed by atoms with van der Waals surface area (Å²) in [4.78, 5) is 6.55. The minimum absolute atomic E-state index is 0.151. The van der Waals surface area contributed by atoms with Crippen LogP contribution in [0.25, 0.3) is 0 Å². The largest absolute Gasteiger partial charge is 0.494 e. The van der Waals surface area contributed by atoms with Gasteiger partial charge in [-0.05, 0) is 48.1 Å². The van der Waals surface area contributed by atoms with Crippen molar-refractivity contribution in [1.29, 1.82) is 0 Å². The van der Waals surface area contributed by atoms with Crippen molar-refractivity contribution in [3.05, 3.63) is 72.3 Å². The number of sulfonamides is 1. The number of anilines is 2. The zero-order chi connectivity index (χ0) is 22.2. The predicted molar refractivity (Wildman–Crippen MR) is 125 cm³/mol. The lowest BCUT2D eigenvalue weighted by Gasteiger charge is -2.28. The molecular weight excluding hydrogens is 434 g/mol. The van der Waals surface area contributed by atoms with Crippen molar-refractivity contribution in [2.24, 2.45) is 7.05 Å². The number of hydrogen-bond donors (Lipinski definition) is 2. The van der Waals surface area contributed by atoms with Gasteiger partial charge in [0, 0.05) is 37.4 Å². The number of thiocarbonyl (C=S) groups is 1. The number of nitrogens with one attached hydrogen (secondary N) is 2. The third-order valence-corrected chi connectivity index (χ3v) is 5.96. The first-order valence-corrected chi connectivity index (χ1v) is 11.8. The number of pyridine rings is 1. The molecule has 0 radical (unpaired) electrons. The highest BCUT2D eigenvalue weighted by Crippen LogP contribution is 2.43. The SMILES string of the molecule is COc1cc(N2C(=S)NC(c3ccccn3)C2c2ccn(C)c2)ccc1NS(C)(=O)=O. The zero-order valence-corrected chi connectivity index (χ0v) is 18.9. The van der Waals surface area contributed by atoms with Crippen LogP contribution in [0.5, 0.6) is 5.75 Å². The molecule has 2 aromatic heterocycles. The highest BCUT2D eigenvalue weighted by molar-refractivity contribution is 7.92. The van der Waals surface area contributed by atoms with E-state index in [1.165, 1.54) is 7.11 Å². The quantitative estimate of drug-likeness (QED) is 0.550. The predicted octanol–water partition coefficient (Wildman–Crippen LogP) is 2.98. The number of nitrogens with zero attached hydrogens (tertiary/aromatic N) is 3. The smallest absolute Gasteiger partial charge is 0.229 e. The van der Waals surface area contributed by atoms with Crippen LogP contribution >= 0.6 is 12.2 Å². The molecule has 0 spiro atoms. The summed E-state index contributed by atoms with van der Waals surface area (Å²) in [5, 5.41) is 3.95. The summed E-state index contributed by atoms with van der Waals surface area (Å²) < 4.78 is 33.3. The van der Waals surface area contributed by atoms with Crippen LogP contribution in [0.4, 0.5) is 11.4 Å². The van der Waals surface area contributed by atoms with Gasteiger partial charge in [-0.1, -0.05) is 6.07 Å². The fourth-order valence-corrected chi connectivity index (χ4v) is 4.70. The molecule has 3 aromatic rings. The number of hydrogen-bond acceptors (Lipinski definition) is 5. The molecule has 2 atom stereocenters. The standard InChI is InChI=1S/C21H23N5O3S2/c1-25-11-9-14(13-25)20-19(17-6-4-5-10-22-17)23-21(30)26(20)15-7-8-16(18(12-15)29-2)24-31(3,27)28/h4-13,19-20,24H,1-3H3,(H,23,30). The van der Waals surface area contributed by atoms with Crippen molar-refractivity contribution in [2.45, 2.75) is 12.1 Å². The van der Waals surface area contributed by atoms with Gasteiger partial charge < -0.3 is 19.5 Å². The minimum Gasteiger partial charge on any atom is -0.494 e. The lowest BCUT2D eigenvalue weighted by atomic mass is 9.98. The lowest BCUT2D eigenvalue weighted by molar-refractivity contribution is 0.417. The Morgan fingerprint density at radius 3 is 2.65 bits per heavy atom. The Hall–Kier alpha value is -3.11. The van der Waals surface area contributed by atoms with Gasteiger partial charge in [0.05, 0.1) is 36.8 Å². The van der Waals surface area contributed by atoms with Crippen molar-refractivity contribution in [1.82, 2.24) is 14.9 Å². The molecule has 1 aliphatic heterocycles. The maximum absolute atomic E-state index is 11.7. The molecule has 3 heterocycles. The lowest BCUT2D eigenvalue weighted by Crippen LogP contribution is -2.29.